The highest BCUT2D eigenvalue weighted by Gasteiger charge is 2.31. The van der Waals surface area contributed by atoms with Crippen LogP contribution >= 0.6 is 11.8 Å². The molecule has 98 valence electrons. The first-order valence-electron chi connectivity index (χ1n) is 6.95. The molecule has 0 radical (unpaired) electrons. The second kappa shape index (κ2) is 5.14. The number of anilines is 1. The molecule has 0 spiro atoms. The average Bonchev–Trinajstić information content (AvgIpc) is 2.96. The lowest BCUT2D eigenvalue weighted by Crippen LogP contribution is -2.36. The molecular weight excluding hydrogens is 240 g/mol. The van der Waals surface area contributed by atoms with Gasteiger partial charge >= 0.3 is 0 Å². The van der Waals surface area contributed by atoms with E-state index in [0.717, 1.165) is 10.9 Å². The number of thioether (sulfide) groups is 1. The summed E-state index contributed by atoms with van der Waals surface area (Å²) in [6.07, 6.45) is 8.75. The van der Waals surface area contributed by atoms with Crippen LogP contribution in [0.5, 0.6) is 0 Å². The highest BCUT2D eigenvalue weighted by atomic mass is 32.2. The molecule has 1 aromatic rings. The Balaban J connectivity index is 1.73. The molecule has 2 aliphatic rings. The average molecular weight is 262 g/mol. The number of rotatable bonds is 3. The Kier molecular flexibility index (Phi) is 3.53. The predicted molar refractivity (Wildman–Crippen MR) is 80.0 cm³/mol. The minimum Gasteiger partial charge on any atom is -0.399 e. The van der Waals surface area contributed by atoms with Crippen LogP contribution in [0, 0.1) is 0 Å². The molecule has 2 nitrogen and oxygen atoms in total. The SMILES string of the molecule is CSC1CCCC1NC1CCc2cc(N)ccc21. The van der Waals surface area contributed by atoms with Gasteiger partial charge in [0, 0.05) is 23.0 Å². The van der Waals surface area contributed by atoms with E-state index in [0.29, 0.717) is 12.1 Å². The maximum atomic E-state index is 5.86. The summed E-state index contributed by atoms with van der Waals surface area (Å²) in [7, 11) is 0. The molecule has 1 aromatic carbocycles. The third-order valence-electron chi connectivity index (χ3n) is 4.42. The first-order valence-corrected chi connectivity index (χ1v) is 8.24. The van der Waals surface area contributed by atoms with Crippen LogP contribution < -0.4 is 11.1 Å². The second-order valence-electron chi connectivity index (χ2n) is 5.53. The van der Waals surface area contributed by atoms with Gasteiger partial charge in [-0.15, -0.1) is 0 Å². The van der Waals surface area contributed by atoms with Crippen molar-refractivity contribution >= 4 is 17.4 Å². The molecule has 0 aliphatic heterocycles. The monoisotopic (exact) mass is 262 g/mol. The molecule has 0 bridgehead atoms. The van der Waals surface area contributed by atoms with E-state index in [-0.39, 0.29) is 0 Å². The molecule has 3 N–H and O–H groups in total. The summed E-state index contributed by atoms with van der Waals surface area (Å²) < 4.78 is 0. The number of aryl methyl sites for hydroxylation is 1. The Morgan fingerprint density at radius 1 is 1.28 bits per heavy atom. The fourth-order valence-electron chi connectivity index (χ4n) is 3.47. The molecule has 2 aliphatic carbocycles. The standard InChI is InChI=1S/C15H22N2S/c1-18-15-4-2-3-14(15)17-13-8-5-10-9-11(16)6-7-12(10)13/h6-7,9,13-15,17H,2-5,8,16H2,1H3. The number of benzene rings is 1. The van der Waals surface area contributed by atoms with E-state index in [1.165, 1.54) is 43.2 Å². The van der Waals surface area contributed by atoms with E-state index < -0.39 is 0 Å². The Morgan fingerprint density at radius 2 is 2.17 bits per heavy atom. The number of hydrogen-bond acceptors (Lipinski definition) is 3. The second-order valence-corrected chi connectivity index (χ2v) is 6.60. The van der Waals surface area contributed by atoms with Crippen molar-refractivity contribution in [2.75, 3.05) is 12.0 Å². The Hall–Kier alpha value is -0.670. The van der Waals surface area contributed by atoms with Crippen LogP contribution in [0.3, 0.4) is 0 Å². The molecular formula is C15H22N2S. The third-order valence-corrected chi connectivity index (χ3v) is 5.59. The molecule has 3 rings (SSSR count). The van der Waals surface area contributed by atoms with Crippen molar-refractivity contribution < 1.29 is 0 Å². The fraction of sp³-hybridized carbons (Fsp3) is 0.600. The van der Waals surface area contributed by atoms with E-state index >= 15 is 0 Å². The Morgan fingerprint density at radius 3 is 3.00 bits per heavy atom. The summed E-state index contributed by atoms with van der Waals surface area (Å²) in [4.78, 5) is 0. The van der Waals surface area contributed by atoms with Crippen LogP contribution in [0.2, 0.25) is 0 Å². The summed E-state index contributed by atoms with van der Waals surface area (Å²) in [6, 6.07) is 7.67. The van der Waals surface area contributed by atoms with Crippen molar-refractivity contribution in [1.29, 1.82) is 0 Å². The smallest absolute Gasteiger partial charge is 0.0329 e. The van der Waals surface area contributed by atoms with Gasteiger partial charge in [0.2, 0.25) is 0 Å². The van der Waals surface area contributed by atoms with E-state index in [1.54, 1.807) is 0 Å². The van der Waals surface area contributed by atoms with Gasteiger partial charge in [-0.05, 0) is 55.2 Å². The minimum atomic E-state index is 0.554. The molecule has 1 fully saturated rings. The summed E-state index contributed by atoms with van der Waals surface area (Å²) in [5, 5.41) is 4.70. The first kappa shape index (κ1) is 12.4. The van der Waals surface area contributed by atoms with E-state index in [2.05, 4.69) is 23.7 Å². The maximum Gasteiger partial charge on any atom is 0.0329 e. The van der Waals surface area contributed by atoms with Crippen LogP contribution in [0.15, 0.2) is 18.2 Å². The quantitative estimate of drug-likeness (QED) is 0.822. The van der Waals surface area contributed by atoms with Gasteiger partial charge in [-0.25, -0.2) is 0 Å². The predicted octanol–water partition coefficient (Wildman–Crippen LogP) is 3.13. The zero-order valence-corrected chi connectivity index (χ0v) is 11.8. The van der Waals surface area contributed by atoms with Gasteiger partial charge in [-0.2, -0.15) is 11.8 Å². The lowest BCUT2D eigenvalue weighted by atomic mass is 10.1. The molecule has 3 heteroatoms. The van der Waals surface area contributed by atoms with Crippen LogP contribution in [-0.2, 0) is 6.42 Å². The van der Waals surface area contributed by atoms with E-state index in [4.69, 9.17) is 5.73 Å². The van der Waals surface area contributed by atoms with Crippen molar-refractivity contribution in [1.82, 2.24) is 5.32 Å². The van der Waals surface area contributed by atoms with Crippen LogP contribution in [-0.4, -0.2) is 17.5 Å². The lowest BCUT2D eigenvalue weighted by molar-refractivity contribution is 0.443. The molecule has 0 amide bonds. The summed E-state index contributed by atoms with van der Waals surface area (Å²) >= 11 is 2.03. The fourth-order valence-corrected chi connectivity index (χ4v) is 4.41. The van der Waals surface area contributed by atoms with Gasteiger partial charge in [-0.1, -0.05) is 12.5 Å². The Bertz CT molecular complexity index is 433. The molecule has 0 heterocycles. The molecule has 18 heavy (non-hydrogen) atoms. The van der Waals surface area contributed by atoms with Crippen LogP contribution in [0.4, 0.5) is 5.69 Å². The van der Waals surface area contributed by atoms with Crippen molar-refractivity contribution in [3.63, 3.8) is 0 Å². The van der Waals surface area contributed by atoms with Crippen molar-refractivity contribution in [3.8, 4) is 0 Å². The molecule has 1 saturated carbocycles. The molecule has 0 saturated heterocycles. The highest BCUT2D eigenvalue weighted by molar-refractivity contribution is 7.99. The largest absolute Gasteiger partial charge is 0.399 e. The number of nitrogens with one attached hydrogen (secondary N) is 1. The minimum absolute atomic E-state index is 0.554. The molecule has 0 aromatic heterocycles. The highest BCUT2D eigenvalue weighted by Crippen LogP contribution is 2.36. The van der Waals surface area contributed by atoms with Gasteiger partial charge in [0.1, 0.15) is 0 Å². The number of nitrogen functional groups attached to an aromatic ring is 1. The maximum absolute atomic E-state index is 5.86. The van der Waals surface area contributed by atoms with E-state index in [9.17, 15) is 0 Å². The lowest BCUT2D eigenvalue weighted by Gasteiger charge is -2.24. The van der Waals surface area contributed by atoms with Crippen molar-refractivity contribution in [3.05, 3.63) is 29.3 Å². The number of hydrogen-bond donors (Lipinski definition) is 2. The van der Waals surface area contributed by atoms with Crippen molar-refractivity contribution in [2.24, 2.45) is 0 Å². The molecule has 3 unspecified atom stereocenters. The number of nitrogens with two attached hydrogens (primary N) is 1. The zero-order valence-electron chi connectivity index (χ0n) is 11.0. The third kappa shape index (κ3) is 2.26. The van der Waals surface area contributed by atoms with Crippen LogP contribution in [0.25, 0.3) is 0 Å². The molecule has 3 atom stereocenters. The van der Waals surface area contributed by atoms with Gasteiger partial charge in [0.05, 0.1) is 0 Å². The normalized spacial score (nSPS) is 30.6. The number of fused-ring (bicyclic) bond motifs is 1. The van der Waals surface area contributed by atoms with Gasteiger partial charge in [0.15, 0.2) is 0 Å². The van der Waals surface area contributed by atoms with Crippen LogP contribution in [0.1, 0.15) is 42.9 Å². The topological polar surface area (TPSA) is 38.0 Å². The summed E-state index contributed by atoms with van der Waals surface area (Å²) in [6.45, 7) is 0. The summed E-state index contributed by atoms with van der Waals surface area (Å²) in [5.41, 5.74) is 9.69. The summed E-state index contributed by atoms with van der Waals surface area (Å²) in [5.74, 6) is 0. The van der Waals surface area contributed by atoms with Gasteiger partial charge in [0.25, 0.3) is 0 Å². The first-order chi connectivity index (χ1) is 8.78. The van der Waals surface area contributed by atoms with Gasteiger partial charge < -0.3 is 11.1 Å². The van der Waals surface area contributed by atoms with E-state index in [1.807, 2.05) is 17.8 Å². The van der Waals surface area contributed by atoms with Crippen molar-refractivity contribution in [2.45, 2.75) is 49.4 Å². The Labute approximate surface area is 114 Å². The van der Waals surface area contributed by atoms with Gasteiger partial charge in [-0.3, -0.25) is 0 Å². The zero-order chi connectivity index (χ0) is 12.5.